The van der Waals surface area contributed by atoms with Crippen molar-refractivity contribution in [2.75, 3.05) is 11.5 Å². The molecule has 2 aromatic rings. The summed E-state index contributed by atoms with van der Waals surface area (Å²) in [5, 5.41) is -0.342. The minimum absolute atomic E-state index is 0.283. The van der Waals surface area contributed by atoms with Crippen LogP contribution in [-0.4, -0.2) is 34.0 Å². The summed E-state index contributed by atoms with van der Waals surface area (Å²) < 4.78 is 25.5. The van der Waals surface area contributed by atoms with Crippen molar-refractivity contribution < 1.29 is 8.42 Å². The topological polar surface area (TPSA) is 90.9 Å². The van der Waals surface area contributed by atoms with Crippen molar-refractivity contribution in [3.8, 4) is 0 Å². The van der Waals surface area contributed by atoms with Crippen molar-refractivity contribution in [1.29, 1.82) is 0 Å². The lowest BCUT2D eigenvalue weighted by atomic mass is 10.2. The Bertz CT molecular complexity index is 692. The smallest absolute Gasteiger partial charge is 0.201 e. The number of aromatic nitrogens is 3. The van der Waals surface area contributed by atoms with Crippen LogP contribution in [0.4, 0.5) is 5.95 Å². The van der Waals surface area contributed by atoms with Crippen LogP contribution < -0.4 is 5.73 Å². The molecule has 0 saturated carbocycles. The van der Waals surface area contributed by atoms with E-state index in [0.717, 1.165) is 11.9 Å². The van der Waals surface area contributed by atoms with Crippen molar-refractivity contribution in [3.05, 3.63) is 18.5 Å². The number of anilines is 1. The molecular weight excluding hydrogens is 252 g/mol. The fourth-order valence-electron chi connectivity index (χ4n) is 2.46. The van der Waals surface area contributed by atoms with Gasteiger partial charge in [-0.1, -0.05) is 0 Å². The summed E-state index contributed by atoms with van der Waals surface area (Å²) in [7, 11) is -2.97. The summed E-state index contributed by atoms with van der Waals surface area (Å²) in [6, 6.07) is 1.81. The van der Waals surface area contributed by atoms with Gasteiger partial charge in [-0.05, 0) is 18.9 Å². The second-order valence-corrected chi connectivity index (χ2v) is 6.98. The maximum Gasteiger partial charge on any atom is 0.201 e. The van der Waals surface area contributed by atoms with Crippen LogP contribution in [0.25, 0.3) is 11.0 Å². The van der Waals surface area contributed by atoms with E-state index in [-0.39, 0.29) is 11.0 Å². The predicted octanol–water partition coefficient (Wildman–Crippen LogP) is 0.591. The van der Waals surface area contributed by atoms with Gasteiger partial charge in [-0.3, -0.25) is 4.98 Å². The van der Waals surface area contributed by atoms with Gasteiger partial charge in [-0.2, -0.15) is 0 Å². The standard InChI is InChI=1S/C11H14N4O2S/c12-11-14-9-6-13-4-3-10(9)15(11)7-8-2-1-5-18(8,16)17/h3-4,6,8H,1-2,5,7H2,(H2,12,14). The van der Waals surface area contributed by atoms with E-state index in [1.807, 2.05) is 0 Å². The van der Waals surface area contributed by atoms with Crippen LogP contribution in [-0.2, 0) is 16.4 Å². The van der Waals surface area contributed by atoms with Gasteiger partial charge in [0.15, 0.2) is 9.84 Å². The quantitative estimate of drug-likeness (QED) is 0.859. The number of hydrogen-bond acceptors (Lipinski definition) is 5. The van der Waals surface area contributed by atoms with E-state index in [9.17, 15) is 8.42 Å². The monoisotopic (exact) mass is 266 g/mol. The third-order valence-electron chi connectivity index (χ3n) is 3.43. The van der Waals surface area contributed by atoms with Crippen LogP contribution in [0.1, 0.15) is 12.8 Å². The molecule has 2 N–H and O–H groups in total. The van der Waals surface area contributed by atoms with Gasteiger partial charge >= 0.3 is 0 Å². The van der Waals surface area contributed by atoms with Crippen LogP contribution in [0.5, 0.6) is 0 Å². The highest BCUT2D eigenvalue weighted by Gasteiger charge is 2.32. The Morgan fingerprint density at radius 3 is 3.06 bits per heavy atom. The van der Waals surface area contributed by atoms with Crippen LogP contribution in [0.15, 0.2) is 18.5 Å². The van der Waals surface area contributed by atoms with Crippen molar-refractivity contribution in [3.63, 3.8) is 0 Å². The molecule has 0 radical (unpaired) electrons. The summed E-state index contributed by atoms with van der Waals surface area (Å²) >= 11 is 0. The lowest BCUT2D eigenvalue weighted by Gasteiger charge is -2.12. The third-order valence-corrected chi connectivity index (χ3v) is 5.69. The number of nitrogens with two attached hydrogens (primary N) is 1. The highest BCUT2D eigenvalue weighted by Crippen LogP contribution is 2.25. The number of fused-ring (bicyclic) bond motifs is 1. The van der Waals surface area contributed by atoms with Gasteiger partial charge in [0.25, 0.3) is 0 Å². The highest BCUT2D eigenvalue weighted by molar-refractivity contribution is 7.92. The average Bonchev–Trinajstić information content (AvgIpc) is 2.81. The molecule has 0 spiro atoms. The molecule has 18 heavy (non-hydrogen) atoms. The molecule has 3 rings (SSSR count). The molecule has 0 aromatic carbocycles. The summed E-state index contributed by atoms with van der Waals surface area (Å²) in [4.78, 5) is 8.16. The molecule has 3 heterocycles. The van der Waals surface area contributed by atoms with Gasteiger partial charge in [-0.25, -0.2) is 13.4 Å². The van der Waals surface area contributed by atoms with E-state index in [1.165, 1.54) is 0 Å². The number of nitrogen functional groups attached to an aromatic ring is 1. The third kappa shape index (κ3) is 1.74. The molecular formula is C11H14N4O2S. The first-order valence-corrected chi connectivity index (χ1v) is 7.57. The molecule has 1 aliphatic heterocycles. The first-order chi connectivity index (χ1) is 8.58. The zero-order chi connectivity index (χ0) is 12.8. The zero-order valence-electron chi connectivity index (χ0n) is 9.78. The molecule has 0 aliphatic carbocycles. The van der Waals surface area contributed by atoms with E-state index >= 15 is 0 Å². The SMILES string of the molecule is Nc1nc2cnccc2n1CC1CCCS1(=O)=O. The Morgan fingerprint density at radius 1 is 1.50 bits per heavy atom. The largest absolute Gasteiger partial charge is 0.369 e. The second kappa shape index (κ2) is 3.94. The molecule has 7 heteroatoms. The molecule has 1 fully saturated rings. The average molecular weight is 266 g/mol. The van der Waals surface area contributed by atoms with Gasteiger partial charge in [-0.15, -0.1) is 0 Å². The molecule has 6 nitrogen and oxygen atoms in total. The molecule has 96 valence electrons. The van der Waals surface area contributed by atoms with Crippen LogP contribution in [0.2, 0.25) is 0 Å². The number of nitrogens with zero attached hydrogens (tertiary/aromatic N) is 3. The van der Waals surface area contributed by atoms with Crippen LogP contribution in [0.3, 0.4) is 0 Å². The van der Waals surface area contributed by atoms with Gasteiger partial charge in [0.1, 0.15) is 5.52 Å². The summed E-state index contributed by atoms with van der Waals surface area (Å²) in [5.74, 6) is 0.631. The lowest BCUT2D eigenvalue weighted by Crippen LogP contribution is -2.23. The second-order valence-electron chi connectivity index (χ2n) is 4.58. The molecule has 1 aliphatic rings. The minimum Gasteiger partial charge on any atom is -0.369 e. The van der Waals surface area contributed by atoms with E-state index in [0.29, 0.717) is 24.4 Å². The van der Waals surface area contributed by atoms with Gasteiger partial charge < -0.3 is 10.3 Å². The van der Waals surface area contributed by atoms with Gasteiger partial charge in [0, 0.05) is 12.7 Å². The Kier molecular flexibility index (Phi) is 2.51. The predicted molar refractivity (Wildman–Crippen MR) is 68.7 cm³/mol. The Labute approximate surface area is 105 Å². The number of hydrogen-bond donors (Lipinski definition) is 1. The first-order valence-electron chi connectivity index (χ1n) is 5.85. The van der Waals surface area contributed by atoms with Crippen molar-refractivity contribution in [2.45, 2.75) is 24.6 Å². The molecule has 1 saturated heterocycles. The summed E-state index contributed by atoms with van der Waals surface area (Å²) in [6.07, 6.45) is 4.72. The number of imidazole rings is 1. The molecule has 1 atom stereocenters. The van der Waals surface area contributed by atoms with Gasteiger partial charge in [0.05, 0.1) is 22.7 Å². The highest BCUT2D eigenvalue weighted by atomic mass is 32.2. The van der Waals surface area contributed by atoms with Gasteiger partial charge in [0.2, 0.25) is 5.95 Å². The zero-order valence-corrected chi connectivity index (χ0v) is 10.6. The summed E-state index contributed by atoms with van der Waals surface area (Å²) in [6.45, 7) is 0.384. The fraction of sp³-hybridized carbons (Fsp3) is 0.455. The molecule has 1 unspecified atom stereocenters. The summed E-state index contributed by atoms with van der Waals surface area (Å²) in [5.41, 5.74) is 7.39. The maximum absolute atomic E-state index is 11.8. The Hall–Kier alpha value is -1.63. The van der Waals surface area contributed by atoms with Crippen molar-refractivity contribution >= 4 is 26.8 Å². The van der Waals surface area contributed by atoms with Crippen LogP contribution in [0, 0.1) is 0 Å². The molecule has 0 bridgehead atoms. The van der Waals surface area contributed by atoms with Crippen LogP contribution >= 0.6 is 0 Å². The fourth-order valence-corrected chi connectivity index (χ4v) is 4.26. The Balaban J connectivity index is 2.03. The van der Waals surface area contributed by atoms with E-state index in [2.05, 4.69) is 9.97 Å². The van der Waals surface area contributed by atoms with Crippen molar-refractivity contribution in [1.82, 2.24) is 14.5 Å². The van der Waals surface area contributed by atoms with Crippen molar-refractivity contribution in [2.24, 2.45) is 0 Å². The Morgan fingerprint density at radius 2 is 2.33 bits per heavy atom. The minimum atomic E-state index is -2.97. The van der Waals surface area contributed by atoms with E-state index in [1.54, 1.807) is 23.0 Å². The maximum atomic E-state index is 11.8. The normalized spacial score (nSPS) is 22.6. The number of pyridine rings is 1. The van der Waals surface area contributed by atoms with E-state index in [4.69, 9.17) is 5.73 Å². The number of rotatable bonds is 2. The van der Waals surface area contributed by atoms with E-state index < -0.39 is 9.84 Å². The first kappa shape index (κ1) is 11.5. The molecule has 0 amide bonds. The lowest BCUT2D eigenvalue weighted by molar-refractivity contribution is 0.571. The molecule has 2 aromatic heterocycles. The number of sulfone groups is 1.